The minimum Gasteiger partial charge on any atom is -0.463 e. The number of aliphatic hydroxyl groups is 1. The van der Waals surface area contributed by atoms with E-state index < -0.39 is 26.5 Å². The van der Waals surface area contributed by atoms with Gasteiger partial charge >= 0.3 is 13.8 Å². The van der Waals surface area contributed by atoms with Gasteiger partial charge in [-0.3, -0.25) is 13.8 Å². The molecule has 0 aliphatic carbocycles. The zero-order valence-electron chi connectivity index (χ0n) is 32.0. The van der Waals surface area contributed by atoms with E-state index in [1.165, 1.54) is 19.3 Å². The number of aliphatic hydroxyl groups excluding tert-OH is 1. The number of hydrogen-bond acceptors (Lipinski definition) is 7. The Morgan fingerprint density at radius 1 is 0.577 bits per heavy atom. The van der Waals surface area contributed by atoms with Gasteiger partial charge in [0.15, 0.2) is 0 Å². The Kier molecular flexibility index (Phi) is 37.2. The Labute approximate surface area is 316 Å². The van der Waals surface area contributed by atoms with Crippen molar-refractivity contribution >= 4 is 13.8 Å². The summed E-state index contributed by atoms with van der Waals surface area (Å²) >= 11 is 0. The van der Waals surface area contributed by atoms with Crippen molar-refractivity contribution in [3.63, 3.8) is 0 Å². The molecule has 0 rings (SSSR count). The van der Waals surface area contributed by atoms with Gasteiger partial charge in [0.1, 0.15) is 12.7 Å². The third kappa shape index (κ3) is 39.9. The van der Waals surface area contributed by atoms with Gasteiger partial charge in [-0.05, 0) is 77.0 Å². The van der Waals surface area contributed by atoms with E-state index >= 15 is 0 Å². The summed E-state index contributed by atoms with van der Waals surface area (Å²) in [7, 11) is -4.26. The molecule has 0 amide bonds. The molecule has 0 heterocycles. The van der Waals surface area contributed by atoms with Crippen molar-refractivity contribution < 1.29 is 33.1 Å². The molecule has 0 spiro atoms. The molecule has 0 fully saturated rings. The molecule has 0 radical (unpaired) electrons. The van der Waals surface area contributed by atoms with Gasteiger partial charge in [0, 0.05) is 13.0 Å². The molecule has 2 unspecified atom stereocenters. The van der Waals surface area contributed by atoms with Crippen LogP contribution in [0.1, 0.15) is 122 Å². The number of esters is 1. The van der Waals surface area contributed by atoms with Crippen LogP contribution < -0.4 is 5.73 Å². The molecule has 0 aliphatic rings. The molecule has 0 aromatic rings. The van der Waals surface area contributed by atoms with E-state index in [9.17, 15) is 19.4 Å². The first kappa shape index (κ1) is 49.2. The average molecular weight is 744 g/mol. The Hall–Kier alpha value is -2.84. The van der Waals surface area contributed by atoms with Crippen LogP contribution in [0.2, 0.25) is 0 Å². The third-order valence-electron chi connectivity index (χ3n) is 7.40. The second kappa shape index (κ2) is 39.4. The molecule has 0 aliphatic heterocycles. The van der Waals surface area contributed by atoms with Gasteiger partial charge in [0.2, 0.25) is 0 Å². The average Bonchev–Trinajstić information content (AvgIpc) is 3.14. The van der Waals surface area contributed by atoms with Crippen molar-refractivity contribution in [2.24, 2.45) is 5.73 Å². The first-order valence-corrected chi connectivity index (χ1v) is 20.9. The summed E-state index contributed by atoms with van der Waals surface area (Å²) in [5, 5.41) is 9.76. The number of hydrogen-bond donors (Lipinski definition) is 3. The lowest BCUT2D eigenvalue weighted by atomic mass is 10.1. The molecule has 0 aromatic heterocycles. The van der Waals surface area contributed by atoms with Gasteiger partial charge in [-0.2, -0.15) is 0 Å². The standard InChI is InChI=1S/C43H70NO7P/c1-2-3-4-5-6-7-8-9-10-11-12-13-14-15-16-17-18-19-20-21-22-23-24-25-26-27-28-29-30-31-32-33-34-35-36-37-43(46)49-40-42(45)41-51-52(47,48)50-39-38-44/h3-4,6-7,9-10,12-13,15-16,18-19,21-22,24-25,27-28,42,45H,2,5,8,11,14,17,20,23,26,29-41,44H2,1H3,(H,47,48)/b4-3-,7-6-,10-9-,13-12-,16-15-,19-18-,22-21-,25-24-,28-27-. The summed E-state index contributed by atoms with van der Waals surface area (Å²) in [6.07, 6.45) is 56.8. The minimum absolute atomic E-state index is 0.0670. The second-order valence-electron chi connectivity index (χ2n) is 12.3. The maximum atomic E-state index is 11.8. The molecular weight excluding hydrogens is 673 g/mol. The summed E-state index contributed by atoms with van der Waals surface area (Å²) in [5.74, 6) is -0.402. The Morgan fingerprint density at radius 2 is 0.962 bits per heavy atom. The first-order chi connectivity index (χ1) is 25.4. The van der Waals surface area contributed by atoms with E-state index in [4.69, 9.17) is 10.5 Å². The topological polar surface area (TPSA) is 128 Å². The lowest BCUT2D eigenvalue weighted by Crippen LogP contribution is -2.23. The van der Waals surface area contributed by atoms with Gasteiger partial charge in [-0.15, -0.1) is 0 Å². The summed E-state index contributed by atoms with van der Waals surface area (Å²) in [6, 6.07) is 0. The van der Waals surface area contributed by atoms with Crippen LogP contribution in [0.15, 0.2) is 109 Å². The quantitative estimate of drug-likeness (QED) is 0.0253. The Balaban J connectivity index is 3.57. The molecular formula is C43H70NO7P. The van der Waals surface area contributed by atoms with Crippen molar-refractivity contribution in [3.05, 3.63) is 109 Å². The summed E-state index contributed by atoms with van der Waals surface area (Å²) in [4.78, 5) is 21.2. The molecule has 0 saturated carbocycles. The number of nitrogens with two attached hydrogens (primary N) is 1. The number of phosphoric ester groups is 1. The fourth-order valence-electron chi connectivity index (χ4n) is 4.56. The molecule has 9 heteroatoms. The van der Waals surface area contributed by atoms with E-state index in [0.717, 1.165) is 89.9 Å². The van der Waals surface area contributed by atoms with Gasteiger partial charge < -0.3 is 20.5 Å². The Bertz CT molecular complexity index is 1150. The van der Waals surface area contributed by atoms with E-state index in [0.29, 0.717) is 0 Å². The van der Waals surface area contributed by atoms with E-state index in [-0.39, 0.29) is 26.2 Å². The number of ether oxygens (including phenoxy) is 1. The smallest absolute Gasteiger partial charge is 0.463 e. The SMILES string of the molecule is CC/C=C\C/C=C\C/C=C\C/C=C\C/C=C\C/C=C\C/C=C\C/C=C\C/C=C\CCCCCCCCCC(=O)OCC(O)COP(=O)(O)OCCN. The van der Waals surface area contributed by atoms with Crippen LogP contribution in [-0.2, 0) is 23.1 Å². The van der Waals surface area contributed by atoms with E-state index in [1.54, 1.807) is 0 Å². The summed E-state index contributed by atoms with van der Waals surface area (Å²) in [6.45, 7) is 1.30. The normalized spacial score (nSPS) is 14.8. The van der Waals surface area contributed by atoms with E-state index in [2.05, 4.69) is 125 Å². The van der Waals surface area contributed by atoms with Crippen LogP contribution in [0.4, 0.5) is 0 Å². The predicted molar refractivity (Wildman–Crippen MR) is 219 cm³/mol. The molecule has 0 aromatic carbocycles. The molecule has 294 valence electrons. The zero-order chi connectivity index (χ0) is 38.1. The second-order valence-corrected chi connectivity index (χ2v) is 13.7. The predicted octanol–water partition coefficient (Wildman–Crippen LogP) is 11.0. The highest BCUT2D eigenvalue weighted by molar-refractivity contribution is 7.47. The van der Waals surface area contributed by atoms with Crippen LogP contribution in [0.3, 0.4) is 0 Å². The highest BCUT2D eigenvalue weighted by Crippen LogP contribution is 2.42. The molecule has 0 bridgehead atoms. The van der Waals surface area contributed by atoms with Gasteiger partial charge in [-0.1, -0.05) is 148 Å². The monoisotopic (exact) mass is 743 g/mol. The lowest BCUT2D eigenvalue weighted by molar-refractivity contribution is -0.147. The van der Waals surface area contributed by atoms with Crippen LogP contribution in [0.25, 0.3) is 0 Å². The number of phosphoric acid groups is 1. The Morgan fingerprint density at radius 3 is 1.38 bits per heavy atom. The minimum atomic E-state index is -4.26. The molecule has 2 atom stereocenters. The fourth-order valence-corrected chi connectivity index (χ4v) is 5.33. The zero-order valence-corrected chi connectivity index (χ0v) is 32.9. The molecule has 0 saturated heterocycles. The maximum absolute atomic E-state index is 11.8. The number of rotatable bonds is 35. The van der Waals surface area contributed by atoms with Crippen LogP contribution in [-0.4, -0.2) is 48.4 Å². The number of unbranched alkanes of at least 4 members (excludes halogenated alkanes) is 7. The molecule has 52 heavy (non-hydrogen) atoms. The maximum Gasteiger partial charge on any atom is 0.472 e. The number of carbonyl (C=O) groups is 1. The van der Waals surface area contributed by atoms with Gasteiger partial charge in [0.05, 0.1) is 13.2 Å². The number of carbonyl (C=O) groups excluding carboxylic acids is 1. The first-order valence-electron chi connectivity index (χ1n) is 19.4. The lowest BCUT2D eigenvalue weighted by Gasteiger charge is -2.15. The van der Waals surface area contributed by atoms with Crippen molar-refractivity contribution in [2.45, 2.75) is 129 Å². The van der Waals surface area contributed by atoms with Gasteiger partial charge in [0.25, 0.3) is 0 Å². The highest BCUT2D eigenvalue weighted by atomic mass is 31.2. The number of allylic oxidation sites excluding steroid dienone is 18. The van der Waals surface area contributed by atoms with Crippen molar-refractivity contribution in [2.75, 3.05) is 26.4 Å². The van der Waals surface area contributed by atoms with Crippen LogP contribution in [0.5, 0.6) is 0 Å². The highest BCUT2D eigenvalue weighted by Gasteiger charge is 2.22. The van der Waals surface area contributed by atoms with Crippen molar-refractivity contribution in [3.8, 4) is 0 Å². The van der Waals surface area contributed by atoms with E-state index in [1.807, 2.05) is 0 Å². The van der Waals surface area contributed by atoms with Crippen molar-refractivity contribution in [1.82, 2.24) is 0 Å². The third-order valence-corrected chi connectivity index (χ3v) is 8.39. The summed E-state index contributed by atoms with van der Waals surface area (Å²) < 4.78 is 25.7. The molecule has 4 N–H and O–H groups in total. The largest absolute Gasteiger partial charge is 0.472 e. The molecule has 8 nitrogen and oxygen atoms in total. The van der Waals surface area contributed by atoms with Gasteiger partial charge in [-0.25, -0.2) is 4.57 Å². The fraction of sp³-hybridized carbons (Fsp3) is 0.558. The van der Waals surface area contributed by atoms with Crippen LogP contribution in [0, 0.1) is 0 Å². The summed E-state index contributed by atoms with van der Waals surface area (Å²) in [5.41, 5.74) is 5.20. The van der Waals surface area contributed by atoms with Crippen molar-refractivity contribution in [1.29, 1.82) is 0 Å². The van der Waals surface area contributed by atoms with Crippen LogP contribution >= 0.6 is 7.82 Å².